The van der Waals surface area contributed by atoms with Crippen LogP contribution >= 0.6 is 0 Å². The second kappa shape index (κ2) is 4.72. The summed E-state index contributed by atoms with van der Waals surface area (Å²) in [6.07, 6.45) is 0.981. The molecular weight excluding hydrogens is 186 g/mol. The molecule has 0 saturated carbocycles. The quantitative estimate of drug-likeness (QED) is 0.649. The molecule has 1 fully saturated rings. The number of hydrogen-bond donors (Lipinski definition) is 2. The molecule has 0 aliphatic carbocycles. The maximum Gasteiger partial charge on any atom is 0.325 e. The van der Waals surface area contributed by atoms with Crippen LogP contribution in [0, 0.1) is 5.92 Å². The molecule has 1 aliphatic rings. The molecule has 2 atom stereocenters. The highest BCUT2D eigenvalue weighted by molar-refractivity contribution is 5.77. The minimum Gasteiger partial charge on any atom is -0.480 e. The van der Waals surface area contributed by atoms with E-state index in [1.54, 1.807) is 0 Å². The van der Waals surface area contributed by atoms with Gasteiger partial charge in [-0.15, -0.1) is 0 Å². The zero-order chi connectivity index (χ0) is 10.6. The lowest BCUT2D eigenvalue weighted by molar-refractivity contribution is -0.145. The first-order chi connectivity index (χ1) is 6.52. The minimum atomic E-state index is -1.29. The Morgan fingerprint density at radius 3 is 3.00 bits per heavy atom. The molecule has 2 unspecified atom stereocenters. The Bertz CT molecular complexity index is 199. The van der Waals surface area contributed by atoms with Gasteiger partial charge in [0.15, 0.2) is 0 Å². The van der Waals surface area contributed by atoms with E-state index in [0.717, 1.165) is 13.0 Å². The van der Waals surface area contributed by atoms with Crippen molar-refractivity contribution >= 4 is 5.97 Å². The predicted octanol–water partition coefficient (Wildman–Crippen LogP) is -0.158. The summed E-state index contributed by atoms with van der Waals surface area (Å²) in [5.41, 5.74) is 4.20. The van der Waals surface area contributed by atoms with Crippen molar-refractivity contribution < 1.29 is 19.4 Å². The van der Waals surface area contributed by atoms with Crippen molar-refractivity contribution in [3.8, 4) is 0 Å². The van der Waals surface area contributed by atoms with Crippen molar-refractivity contribution in [2.45, 2.75) is 18.9 Å². The van der Waals surface area contributed by atoms with Gasteiger partial charge in [0, 0.05) is 12.5 Å². The van der Waals surface area contributed by atoms with Gasteiger partial charge in [-0.05, 0) is 13.3 Å². The van der Waals surface area contributed by atoms with Crippen LogP contribution in [0.3, 0.4) is 0 Å². The molecule has 1 heterocycles. The average Bonchev–Trinajstić information content (AvgIpc) is 2.56. The number of ether oxygens (including phenoxy) is 2. The Hall–Kier alpha value is -0.650. The third-order valence-corrected chi connectivity index (χ3v) is 2.27. The van der Waals surface area contributed by atoms with Gasteiger partial charge >= 0.3 is 5.97 Å². The topological polar surface area (TPSA) is 81.8 Å². The van der Waals surface area contributed by atoms with Gasteiger partial charge in [0.2, 0.25) is 0 Å². The average molecular weight is 203 g/mol. The van der Waals surface area contributed by atoms with Crippen molar-refractivity contribution in [1.82, 2.24) is 0 Å². The summed E-state index contributed by atoms with van der Waals surface area (Å²) in [6.45, 7) is 3.49. The summed E-state index contributed by atoms with van der Waals surface area (Å²) in [6, 6.07) is 0. The second-order valence-corrected chi connectivity index (χ2v) is 3.97. The van der Waals surface area contributed by atoms with Crippen LogP contribution < -0.4 is 5.73 Å². The Balaban J connectivity index is 2.16. The van der Waals surface area contributed by atoms with E-state index in [-0.39, 0.29) is 6.61 Å². The van der Waals surface area contributed by atoms with Crippen molar-refractivity contribution in [2.75, 3.05) is 26.4 Å². The van der Waals surface area contributed by atoms with Gasteiger partial charge in [0.05, 0.1) is 19.8 Å². The molecule has 0 amide bonds. The van der Waals surface area contributed by atoms with E-state index in [0.29, 0.717) is 19.1 Å². The number of aliphatic carboxylic acids is 1. The molecule has 0 aromatic heterocycles. The highest BCUT2D eigenvalue weighted by atomic mass is 16.5. The van der Waals surface area contributed by atoms with E-state index in [1.807, 2.05) is 0 Å². The van der Waals surface area contributed by atoms with Crippen LogP contribution in [0.4, 0.5) is 0 Å². The van der Waals surface area contributed by atoms with Crippen LogP contribution in [0.2, 0.25) is 0 Å². The summed E-state index contributed by atoms with van der Waals surface area (Å²) < 4.78 is 10.4. The zero-order valence-electron chi connectivity index (χ0n) is 8.36. The predicted molar refractivity (Wildman–Crippen MR) is 50.0 cm³/mol. The van der Waals surface area contributed by atoms with Gasteiger partial charge < -0.3 is 20.3 Å². The first-order valence-electron chi connectivity index (χ1n) is 4.70. The summed E-state index contributed by atoms with van der Waals surface area (Å²) in [4.78, 5) is 10.6. The largest absolute Gasteiger partial charge is 0.480 e. The van der Waals surface area contributed by atoms with Crippen molar-refractivity contribution in [3.05, 3.63) is 0 Å². The molecule has 0 radical (unpaired) electrons. The molecule has 82 valence electrons. The fraction of sp³-hybridized carbons (Fsp3) is 0.889. The number of carboxylic acid groups (broad SMARTS) is 1. The van der Waals surface area contributed by atoms with Gasteiger partial charge in [0.1, 0.15) is 5.54 Å². The van der Waals surface area contributed by atoms with Gasteiger partial charge in [-0.3, -0.25) is 4.79 Å². The summed E-state index contributed by atoms with van der Waals surface area (Å²) in [5.74, 6) is -0.653. The third-order valence-electron chi connectivity index (χ3n) is 2.27. The highest BCUT2D eigenvalue weighted by Crippen LogP contribution is 2.13. The molecule has 14 heavy (non-hydrogen) atoms. The van der Waals surface area contributed by atoms with Crippen LogP contribution in [-0.2, 0) is 14.3 Å². The third kappa shape index (κ3) is 3.25. The van der Waals surface area contributed by atoms with Gasteiger partial charge in [-0.1, -0.05) is 0 Å². The van der Waals surface area contributed by atoms with Gasteiger partial charge in [-0.2, -0.15) is 0 Å². The molecule has 3 N–H and O–H groups in total. The Kier molecular flexibility index (Phi) is 3.86. The maximum absolute atomic E-state index is 10.6. The first kappa shape index (κ1) is 11.4. The van der Waals surface area contributed by atoms with Crippen molar-refractivity contribution in [3.63, 3.8) is 0 Å². The molecule has 1 rings (SSSR count). The fourth-order valence-electron chi connectivity index (χ4n) is 1.21. The van der Waals surface area contributed by atoms with Gasteiger partial charge in [-0.25, -0.2) is 0 Å². The molecule has 0 spiro atoms. The Morgan fingerprint density at radius 2 is 2.50 bits per heavy atom. The lowest BCUT2D eigenvalue weighted by Gasteiger charge is -2.19. The zero-order valence-corrected chi connectivity index (χ0v) is 8.36. The van der Waals surface area contributed by atoms with E-state index in [4.69, 9.17) is 20.3 Å². The van der Waals surface area contributed by atoms with Crippen LogP contribution in [0.25, 0.3) is 0 Å². The normalized spacial score (nSPS) is 26.0. The van der Waals surface area contributed by atoms with Crippen LogP contribution in [-0.4, -0.2) is 43.0 Å². The van der Waals surface area contributed by atoms with E-state index in [2.05, 4.69) is 0 Å². The number of nitrogens with two attached hydrogens (primary N) is 1. The van der Waals surface area contributed by atoms with E-state index < -0.39 is 11.5 Å². The SMILES string of the molecule is CC(N)(COCC1CCOC1)C(=O)O. The molecule has 0 aromatic rings. The van der Waals surface area contributed by atoms with E-state index in [9.17, 15) is 4.79 Å². The summed E-state index contributed by atoms with van der Waals surface area (Å²) in [5, 5.41) is 8.70. The molecule has 1 aliphatic heterocycles. The fourth-order valence-corrected chi connectivity index (χ4v) is 1.21. The molecule has 1 saturated heterocycles. The van der Waals surface area contributed by atoms with E-state index in [1.165, 1.54) is 6.92 Å². The Morgan fingerprint density at radius 1 is 1.79 bits per heavy atom. The molecule has 5 heteroatoms. The number of hydrogen-bond acceptors (Lipinski definition) is 4. The van der Waals surface area contributed by atoms with Crippen LogP contribution in [0.15, 0.2) is 0 Å². The Labute approximate surface area is 83.2 Å². The monoisotopic (exact) mass is 203 g/mol. The standard InChI is InChI=1S/C9H17NO4/c1-9(10,8(11)12)6-14-5-7-2-3-13-4-7/h7H,2-6,10H2,1H3,(H,11,12). The molecular formula is C9H17NO4. The number of carbonyl (C=O) groups is 1. The molecule has 0 aromatic carbocycles. The number of carboxylic acids is 1. The summed E-state index contributed by atoms with van der Waals surface area (Å²) >= 11 is 0. The van der Waals surface area contributed by atoms with Crippen molar-refractivity contribution in [2.24, 2.45) is 11.7 Å². The van der Waals surface area contributed by atoms with Crippen LogP contribution in [0.1, 0.15) is 13.3 Å². The number of rotatable bonds is 5. The molecule has 0 bridgehead atoms. The molecule has 5 nitrogen and oxygen atoms in total. The lowest BCUT2D eigenvalue weighted by Crippen LogP contribution is -2.49. The van der Waals surface area contributed by atoms with Gasteiger partial charge in [0.25, 0.3) is 0 Å². The van der Waals surface area contributed by atoms with Crippen molar-refractivity contribution in [1.29, 1.82) is 0 Å². The smallest absolute Gasteiger partial charge is 0.325 e. The first-order valence-corrected chi connectivity index (χ1v) is 4.70. The minimum absolute atomic E-state index is 0.0405. The maximum atomic E-state index is 10.6. The van der Waals surface area contributed by atoms with Crippen LogP contribution in [0.5, 0.6) is 0 Å². The summed E-state index contributed by atoms with van der Waals surface area (Å²) in [7, 11) is 0. The second-order valence-electron chi connectivity index (χ2n) is 3.97. The lowest BCUT2D eigenvalue weighted by atomic mass is 10.1. The highest BCUT2D eigenvalue weighted by Gasteiger charge is 2.28. The van der Waals surface area contributed by atoms with E-state index >= 15 is 0 Å².